The van der Waals surface area contributed by atoms with Crippen LogP contribution in [0.3, 0.4) is 0 Å². The van der Waals surface area contributed by atoms with E-state index in [1.807, 2.05) is 6.92 Å². The first-order valence-corrected chi connectivity index (χ1v) is 7.23. The molecule has 0 amide bonds. The molecular weight excluding hydrogens is 248 g/mol. The van der Waals surface area contributed by atoms with Gasteiger partial charge in [-0.15, -0.1) is 11.3 Å². The fraction of sp³-hybridized carbons (Fsp3) is 0.692. The van der Waals surface area contributed by atoms with Gasteiger partial charge >= 0.3 is 5.97 Å². The van der Waals surface area contributed by atoms with Crippen molar-refractivity contribution in [3.8, 4) is 0 Å². The van der Waals surface area contributed by atoms with E-state index in [0.717, 1.165) is 10.0 Å². The molecule has 1 aromatic heterocycles. The number of hydrogen-bond donors (Lipinski definition) is 0. The van der Waals surface area contributed by atoms with Crippen LogP contribution >= 0.6 is 11.3 Å². The molecule has 0 saturated heterocycles. The molecule has 100 valence electrons. The fourth-order valence-electron chi connectivity index (χ4n) is 2.44. The van der Waals surface area contributed by atoms with Crippen molar-refractivity contribution >= 4 is 22.4 Å². The van der Waals surface area contributed by atoms with Crippen LogP contribution in [0.4, 0.5) is 5.13 Å². The molecule has 2 rings (SSSR count). The molecule has 18 heavy (non-hydrogen) atoms. The first kappa shape index (κ1) is 13.3. The summed E-state index contributed by atoms with van der Waals surface area (Å²) >= 11 is 1.57. The van der Waals surface area contributed by atoms with Crippen LogP contribution < -0.4 is 4.90 Å². The molecular formula is C13H20N2O2S. The summed E-state index contributed by atoms with van der Waals surface area (Å²) in [6.07, 6.45) is 6.38. The number of methoxy groups -OCH3 is 1. The Bertz CT molecular complexity index is 425. The van der Waals surface area contributed by atoms with Crippen molar-refractivity contribution in [1.82, 2.24) is 4.98 Å². The standard InChI is InChI=1S/C13H20N2O2S/c1-9-11(12(16)17-3)14-13(18-9)15(2)10-7-5-4-6-8-10/h10H,4-8H2,1-3H3. The Morgan fingerprint density at radius 3 is 2.67 bits per heavy atom. The second-order valence-corrected chi connectivity index (χ2v) is 5.98. The van der Waals surface area contributed by atoms with Gasteiger partial charge in [0, 0.05) is 18.0 Å². The van der Waals surface area contributed by atoms with Gasteiger partial charge in [0.2, 0.25) is 0 Å². The predicted octanol–water partition coefficient (Wildman–Crippen LogP) is 3.01. The second-order valence-electron chi connectivity index (χ2n) is 4.80. The van der Waals surface area contributed by atoms with Crippen molar-refractivity contribution in [2.24, 2.45) is 0 Å². The average molecular weight is 268 g/mol. The van der Waals surface area contributed by atoms with Crippen LogP contribution in [0.15, 0.2) is 0 Å². The Kier molecular flexibility index (Phi) is 4.22. The van der Waals surface area contributed by atoms with Crippen LogP contribution in [-0.4, -0.2) is 31.2 Å². The lowest BCUT2D eigenvalue weighted by molar-refractivity contribution is 0.0594. The van der Waals surface area contributed by atoms with Crippen molar-refractivity contribution in [3.05, 3.63) is 10.6 Å². The summed E-state index contributed by atoms with van der Waals surface area (Å²) in [6.45, 7) is 1.92. The van der Waals surface area contributed by atoms with E-state index in [2.05, 4.69) is 16.9 Å². The van der Waals surface area contributed by atoms with Gasteiger partial charge in [0.15, 0.2) is 10.8 Å². The number of ether oxygens (including phenoxy) is 1. The van der Waals surface area contributed by atoms with Gasteiger partial charge in [-0.1, -0.05) is 19.3 Å². The number of hydrogen-bond acceptors (Lipinski definition) is 5. The SMILES string of the molecule is COC(=O)c1nc(N(C)C2CCCCC2)sc1C. The molecule has 1 aliphatic carbocycles. The quantitative estimate of drug-likeness (QED) is 0.790. The highest BCUT2D eigenvalue weighted by atomic mass is 32.1. The number of aryl methyl sites for hydroxylation is 1. The molecule has 0 spiro atoms. The predicted molar refractivity (Wildman–Crippen MR) is 73.5 cm³/mol. The zero-order valence-electron chi connectivity index (χ0n) is 11.2. The van der Waals surface area contributed by atoms with E-state index in [-0.39, 0.29) is 5.97 Å². The average Bonchev–Trinajstić information content (AvgIpc) is 2.80. The molecule has 1 saturated carbocycles. The first-order valence-electron chi connectivity index (χ1n) is 6.42. The third-order valence-corrected chi connectivity index (χ3v) is 4.65. The fourth-order valence-corrected chi connectivity index (χ4v) is 3.37. The smallest absolute Gasteiger partial charge is 0.357 e. The van der Waals surface area contributed by atoms with E-state index in [9.17, 15) is 4.79 Å². The lowest BCUT2D eigenvalue weighted by Gasteiger charge is -2.30. The van der Waals surface area contributed by atoms with Crippen molar-refractivity contribution < 1.29 is 9.53 Å². The molecule has 4 nitrogen and oxygen atoms in total. The first-order chi connectivity index (χ1) is 8.63. The minimum Gasteiger partial charge on any atom is -0.464 e. The van der Waals surface area contributed by atoms with Gasteiger partial charge in [-0.05, 0) is 19.8 Å². The Balaban J connectivity index is 2.15. The number of carbonyl (C=O) groups is 1. The molecule has 0 aromatic carbocycles. The number of anilines is 1. The highest BCUT2D eigenvalue weighted by Crippen LogP contribution is 2.30. The van der Waals surface area contributed by atoms with Crippen molar-refractivity contribution in [1.29, 1.82) is 0 Å². The molecule has 0 radical (unpaired) electrons. The summed E-state index contributed by atoms with van der Waals surface area (Å²) in [5, 5.41) is 0.930. The van der Waals surface area contributed by atoms with E-state index < -0.39 is 0 Å². The molecule has 1 aromatic rings. The summed E-state index contributed by atoms with van der Waals surface area (Å²) in [6, 6.07) is 0.565. The van der Waals surface area contributed by atoms with Gasteiger partial charge < -0.3 is 9.64 Å². The van der Waals surface area contributed by atoms with Crippen LogP contribution in [0, 0.1) is 6.92 Å². The number of aromatic nitrogens is 1. The highest BCUT2D eigenvalue weighted by molar-refractivity contribution is 7.15. The van der Waals surface area contributed by atoms with Gasteiger partial charge in [-0.3, -0.25) is 0 Å². The summed E-state index contributed by atoms with van der Waals surface area (Å²) in [4.78, 5) is 19.1. The summed E-state index contributed by atoms with van der Waals surface area (Å²) in [5.74, 6) is -0.341. The lowest BCUT2D eigenvalue weighted by Crippen LogP contribution is -2.33. The van der Waals surface area contributed by atoms with Crippen LogP contribution in [0.1, 0.15) is 47.5 Å². The zero-order chi connectivity index (χ0) is 13.1. The topological polar surface area (TPSA) is 42.4 Å². The van der Waals surface area contributed by atoms with Crippen LogP contribution in [0.2, 0.25) is 0 Å². The third-order valence-electron chi connectivity index (χ3n) is 3.59. The van der Waals surface area contributed by atoms with E-state index in [0.29, 0.717) is 11.7 Å². The molecule has 1 fully saturated rings. The van der Waals surface area contributed by atoms with E-state index in [4.69, 9.17) is 4.74 Å². The van der Waals surface area contributed by atoms with Gasteiger partial charge in [0.1, 0.15) is 0 Å². The molecule has 0 N–H and O–H groups in total. The summed E-state index contributed by atoms with van der Waals surface area (Å²) in [5.41, 5.74) is 0.458. The Morgan fingerprint density at radius 1 is 1.39 bits per heavy atom. The number of thiazole rings is 1. The monoisotopic (exact) mass is 268 g/mol. The molecule has 5 heteroatoms. The largest absolute Gasteiger partial charge is 0.464 e. The molecule has 1 aliphatic rings. The Hall–Kier alpha value is -1.10. The molecule has 0 unspecified atom stereocenters. The van der Waals surface area contributed by atoms with Crippen molar-refractivity contribution in [2.45, 2.75) is 45.1 Å². The highest BCUT2D eigenvalue weighted by Gasteiger charge is 2.23. The third kappa shape index (κ3) is 2.66. The van der Waals surface area contributed by atoms with Crippen LogP contribution in [-0.2, 0) is 4.74 Å². The van der Waals surface area contributed by atoms with Gasteiger partial charge in [0.05, 0.1) is 7.11 Å². The molecule has 1 heterocycles. The number of rotatable bonds is 3. The minimum absolute atomic E-state index is 0.341. The molecule has 0 atom stereocenters. The normalized spacial score (nSPS) is 16.6. The summed E-state index contributed by atoms with van der Waals surface area (Å²) < 4.78 is 4.74. The number of nitrogens with zero attached hydrogens (tertiary/aromatic N) is 2. The van der Waals surface area contributed by atoms with Crippen LogP contribution in [0.5, 0.6) is 0 Å². The minimum atomic E-state index is -0.341. The number of carbonyl (C=O) groups excluding carboxylic acids is 1. The van der Waals surface area contributed by atoms with Gasteiger partial charge in [-0.25, -0.2) is 9.78 Å². The molecule has 0 aliphatic heterocycles. The van der Waals surface area contributed by atoms with Gasteiger partial charge in [-0.2, -0.15) is 0 Å². The maximum Gasteiger partial charge on any atom is 0.357 e. The van der Waals surface area contributed by atoms with E-state index in [1.165, 1.54) is 39.2 Å². The Labute approximate surface area is 112 Å². The maximum atomic E-state index is 11.5. The second kappa shape index (κ2) is 5.69. The zero-order valence-corrected chi connectivity index (χ0v) is 12.0. The van der Waals surface area contributed by atoms with Crippen molar-refractivity contribution in [3.63, 3.8) is 0 Å². The van der Waals surface area contributed by atoms with E-state index in [1.54, 1.807) is 11.3 Å². The number of esters is 1. The van der Waals surface area contributed by atoms with Crippen LogP contribution in [0.25, 0.3) is 0 Å². The summed E-state index contributed by atoms with van der Waals surface area (Å²) in [7, 11) is 3.47. The Morgan fingerprint density at radius 2 is 2.06 bits per heavy atom. The van der Waals surface area contributed by atoms with E-state index >= 15 is 0 Å². The van der Waals surface area contributed by atoms with Crippen molar-refractivity contribution in [2.75, 3.05) is 19.1 Å². The lowest BCUT2D eigenvalue weighted by atomic mass is 9.95. The van der Waals surface area contributed by atoms with Gasteiger partial charge in [0.25, 0.3) is 0 Å². The maximum absolute atomic E-state index is 11.5. The molecule has 0 bridgehead atoms.